The Kier molecular flexibility index (Phi) is 7.86. The first-order valence-electron chi connectivity index (χ1n) is 10.8. The minimum atomic E-state index is -3.91. The summed E-state index contributed by atoms with van der Waals surface area (Å²) in [6.07, 6.45) is 0.482. The Labute approximate surface area is 199 Å². The van der Waals surface area contributed by atoms with E-state index < -0.39 is 28.0 Å². The molecule has 0 amide bonds. The number of aryl methyl sites for hydroxylation is 1. The van der Waals surface area contributed by atoms with Gasteiger partial charge < -0.3 is 9.84 Å². The van der Waals surface area contributed by atoms with Crippen molar-refractivity contribution in [1.82, 2.24) is 4.31 Å². The van der Waals surface area contributed by atoms with E-state index in [1.54, 1.807) is 67.6 Å². The van der Waals surface area contributed by atoms with Gasteiger partial charge in [-0.05, 0) is 66.4 Å². The van der Waals surface area contributed by atoms with E-state index in [1.807, 2.05) is 6.92 Å². The van der Waals surface area contributed by atoms with Crippen molar-refractivity contribution >= 4 is 22.0 Å². The summed E-state index contributed by atoms with van der Waals surface area (Å²) in [5.41, 5.74) is 2.63. The molecule has 0 bridgehead atoms. The number of esters is 1. The van der Waals surface area contributed by atoms with E-state index >= 15 is 0 Å². The van der Waals surface area contributed by atoms with Crippen molar-refractivity contribution in [3.63, 3.8) is 0 Å². The molecule has 1 N–H and O–H groups in total. The second-order valence-electron chi connectivity index (χ2n) is 7.85. The van der Waals surface area contributed by atoms with Crippen molar-refractivity contribution in [1.29, 1.82) is 0 Å². The molecule has 1 unspecified atom stereocenters. The number of carbonyl (C=O) groups is 2. The summed E-state index contributed by atoms with van der Waals surface area (Å²) in [5, 5.41) is 9.28. The number of ether oxygens (including phenoxy) is 1. The fourth-order valence-corrected chi connectivity index (χ4v) is 5.52. The van der Waals surface area contributed by atoms with Crippen LogP contribution in [0.25, 0.3) is 0 Å². The number of hydrogen-bond acceptors (Lipinski definition) is 5. The summed E-state index contributed by atoms with van der Waals surface area (Å²) in [4.78, 5) is 23.3. The smallest absolute Gasteiger partial charge is 0.337 e. The number of benzene rings is 3. The lowest BCUT2D eigenvalue weighted by molar-refractivity contribution is 0.0599. The molecule has 0 aliphatic rings. The van der Waals surface area contributed by atoms with Crippen LogP contribution in [0.5, 0.6) is 0 Å². The van der Waals surface area contributed by atoms with Crippen LogP contribution in [-0.4, -0.2) is 36.9 Å². The van der Waals surface area contributed by atoms with Crippen molar-refractivity contribution in [2.75, 3.05) is 7.11 Å². The molecule has 178 valence electrons. The first-order valence-corrected chi connectivity index (χ1v) is 12.2. The summed E-state index contributed by atoms with van der Waals surface area (Å²) in [6, 6.07) is 19.0. The Bertz CT molecular complexity index is 1270. The zero-order valence-corrected chi connectivity index (χ0v) is 20.1. The molecule has 0 spiro atoms. The Morgan fingerprint density at radius 1 is 0.971 bits per heavy atom. The number of methoxy groups -OCH3 is 1. The van der Waals surface area contributed by atoms with Crippen LogP contribution in [0.3, 0.4) is 0 Å². The molecule has 0 aliphatic heterocycles. The van der Waals surface area contributed by atoms with Crippen molar-refractivity contribution in [2.45, 2.75) is 37.8 Å². The number of carbonyl (C=O) groups excluding carboxylic acids is 1. The predicted octanol–water partition coefficient (Wildman–Crippen LogP) is 4.82. The number of nitrogens with zero attached hydrogens (tertiary/aromatic N) is 1. The molecule has 0 radical (unpaired) electrons. The average molecular weight is 482 g/mol. The third-order valence-electron chi connectivity index (χ3n) is 5.72. The lowest BCUT2D eigenvalue weighted by Gasteiger charge is -2.31. The maximum Gasteiger partial charge on any atom is 0.337 e. The predicted molar refractivity (Wildman–Crippen MR) is 128 cm³/mol. The van der Waals surface area contributed by atoms with Crippen molar-refractivity contribution in [3.8, 4) is 0 Å². The molecule has 3 aromatic rings. The molecule has 7 nitrogen and oxygen atoms in total. The zero-order valence-electron chi connectivity index (χ0n) is 19.3. The molecule has 0 aromatic heterocycles. The fraction of sp³-hybridized carbons (Fsp3) is 0.231. The van der Waals surface area contributed by atoms with Gasteiger partial charge in [-0.15, -0.1) is 0 Å². The van der Waals surface area contributed by atoms with Gasteiger partial charge in [0.1, 0.15) is 0 Å². The van der Waals surface area contributed by atoms with Gasteiger partial charge in [-0.25, -0.2) is 18.0 Å². The second kappa shape index (κ2) is 10.6. The van der Waals surface area contributed by atoms with Crippen LogP contribution in [0.4, 0.5) is 0 Å². The summed E-state index contributed by atoms with van der Waals surface area (Å²) < 4.78 is 33.7. The number of rotatable bonds is 9. The largest absolute Gasteiger partial charge is 0.478 e. The molecule has 0 heterocycles. The average Bonchev–Trinajstić information content (AvgIpc) is 2.85. The topological polar surface area (TPSA) is 101 Å². The summed E-state index contributed by atoms with van der Waals surface area (Å²) in [6.45, 7) is 3.72. The number of hydrogen-bond donors (Lipinski definition) is 1. The molecule has 0 aliphatic carbocycles. The Hall–Kier alpha value is -3.49. The van der Waals surface area contributed by atoms with Crippen LogP contribution in [0.1, 0.15) is 56.8 Å². The number of carboxylic acids is 1. The standard InChI is InChI=1S/C26H27NO6S/c1-4-24(19-10-12-20(13-11-19)26(30)33-3)27(34(31,32)23-8-6-5-7-9-23)17-22-15-14-21(25(28)29)16-18(22)2/h5-16,24H,4,17H2,1-3H3,(H,28,29). The van der Waals surface area contributed by atoms with Gasteiger partial charge in [0.15, 0.2) is 0 Å². The molecule has 1 atom stereocenters. The highest BCUT2D eigenvalue weighted by molar-refractivity contribution is 7.89. The third kappa shape index (κ3) is 5.35. The monoisotopic (exact) mass is 481 g/mol. The second-order valence-corrected chi connectivity index (χ2v) is 9.74. The minimum absolute atomic E-state index is 0.0558. The lowest BCUT2D eigenvalue weighted by atomic mass is 10.0. The van der Waals surface area contributed by atoms with E-state index in [4.69, 9.17) is 4.74 Å². The first-order chi connectivity index (χ1) is 16.2. The molecule has 8 heteroatoms. The number of sulfonamides is 1. The Balaban J connectivity index is 2.09. The molecule has 0 saturated carbocycles. The van der Waals surface area contributed by atoms with Gasteiger partial charge in [0.05, 0.1) is 29.2 Å². The fourth-order valence-electron chi connectivity index (χ4n) is 3.83. The highest BCUT2D eigenvalue weighted by Gasteiger charge is 2.32. The maximum absolute atomic E-state index is 13.8. The van der Waals surface area contributed by atoms with E-state index in [0.717, 1.165) is 5.56 Å². The van der Waals surface area contributed by atoms with Crippen molar-refractivity contribution in [2.24, 2.45) is 0 Å². The van der Waals surface area contributed by atoms with Gasteiger partial charge in [0.2, 0.25) is 10.0 Å². The van der Waals surface area contributed by atoms with Gasteiger partial charge >= 0.3 is 11.9 Å². The van der Waals surface area contributed by atoms with Gasteiger partial charge in [-0.2, -0.15) is 4.31 Å². The zero-order chi connectivity index (χ0) is 24.9. The normalized spacial score (nSPS) is 12.4. The highest BCUT2D eigenvalue weighted by Crippen LogP contribution is 2.33. The maximum atomic E-state index is 13.8. The summed E-state index contributed by atoms with van der Waals surface area (Å²) in [7, 11) is -2.60. The van der Waals surface area contributed by atoms with E-state index in [-0.39, 0.29) is 17.0 Å². The minimum Gasteiger partial charge on any atom is -0.478 e. The van der Waals surface area contributed by atoms with Crippen LogP contribution in [0, 0.1) is 6.92 Å². The Morgan fingerprint density at radius 3 is 2.12 bits per heavy atom. The van der Waals surface area contributed by atoms with Crippen LogP contribution < -0.4 is 0 Å². The molecular weight excluding hydrogens is 454 g/mol. The third-order valence-corrected chi connectivity index (χ3v) is 7.59. The van der Waals surface area contributed by atoms with E-state index in [2.05, 4.69) is 0 Å². The van der Waals surface area contributed by atoms with Crippen molar-refractivity contribution in [3.05, 3.63) is 101 Å². The summed E-state index contributed by atoms with van der Waals surface area (Å²) >= 11 is 0. The van der Waals surface area contributed by atoms with Gasteiger partial charge in [-0.1, -0.05) is 43.3 Å². The lowest BCUT2D eigenvalue weighted by Crippen LogP contribution is -2.34. The molecule has 0 saturated heterocycles. The van der Waals surface area contributed by atoms with Crippen LogP contribution in [0.15, 0.2) is 77.7 Å². The van der Waals surface area contributed by atoms with Gasteiger partial charge in [0, 0.05) is 6.54 Å². The van der Waals surface area contributed by atoms with Crippen LogP contribution in [0.2, 0.25) is 0 Å². The van der Waals surface area contributed by atoms with E-state index in [9.17, 15) is 23.1 Å². The molecule has 0 fully saturated rings. The highest BCUT2D eigenvalue weighted by atomic mass is 32.2. The van der Waals surface area contributed by atoms with Crippen LogP contribution >= 0.6 is 0 Å². The SMILES string of the molecule is CCC(c1ccc(C(=O)OC)cc1)N(Cc1ccc(C(=O)O)cc1C)S(=O)(=O)c1ccccc1. The van der Waals surface area contributed by atoms with Crippen LogP contribution in [-0.2, 0) is 21.3 Å². The van der Waals surface area contributed by atoms with Crippen molar-refractivity contribution < 1.29 is 27.9 Å². The van der Waals surface area contributed by atoms with E-state index in [0.29, 0.717) is 23.1 Å². The van der Waals surface area contributed by atoms with Gasteiger partial charge in [-0.3, -0.25) is 0 Å². The van der Waals surface area contributed by atoms with Gasteiger partial charge in [0.25, 0.3) is 0 Å². The molecule has 34 heavy (non-hydrogen) atoms. The number of aromatic carboxylic acids is 1. The quantitative estimate of drug-likeness (QED) is 0.440. The molecular formula is C26H27NO6S. The molecule has 3 rings (SSSR count). The molecule has 3 aromatic carbocycles. The van der Waals surface area contributed by atoms with E-state index in [1.165, 1.54) is 23.5 Å². The number of carboxylic acid groups (broad SMARTS) is 1. The first kappa shape index (κ1) is 25.1. The summed E-state index contributed by atoms with van der Waals surface area (Å²) in [5.74, 6) is -1.51. The Morgan fingerprint density at radius 2 is 1.59 bits per heavy atom.